The van der Waals surface area contributed by atoms with Crippen LogP contribution in [0.5, 0.6) is 0 Å². The topological polar surface area (TPSA) is 47.3 Å². The molecule has 0 radical (unpaired) electrons. The first-order valence-corrected chi connectivity index (χ1v) is 6.48. The molecule has 0 spiro atoms. The van der Waals surface area contributed by atoms with Crippen LogP contribution < -0.4 is 11.3 Å². The van der Waals surface area contributed by atoms with Crippen molar-refractivity contribution >= 4 is 0 Å². The van der Waals surface area contributed by atoms with Gasteiger partial charge in [-0.05, 0) is 30.4 Å². The Morgan fingerprint density at radius 2 is 2.41 bits per heavy atom. The van der Waals surface area contributed by atoms with Crippen molar-refractivity contribution in [2.24, 2.45) is 11.8 Å². The Morgan fingerprint density at radius 3 is 3.06 bits per heavy atom. The maximum Gasteiger partial charge on any atom is 0.0513 e. The van der Waals surface area contributed by atoms with Crippen molar-refractivity contribution < 1.29 is 4.74 Å². The summed E-state index contributed by atoms with van der Waals surface area (Å²) in [5, 5.41) is 0. The summed E-state index contributed by atoms with van der Waals surface area (Å²) in [7, 11) is 0. The fraction of sp³-hybridized carbons (Fsp3) is 0.571. The molecule has 94 valence electrons. The standard InChI is InChI=1S/C14H22N2O/c1-2-11-5-3-6-12(9-11)14(16-15)13-7-4-8-17-10-13/h3,5-6,9,13-14,16H,2,4,7-8,10,15H2,1H3. The molecule has 3 N–H and O–H groups in total. The summed E-state index contributed by atoms with van der Waals surface area (Å²) in [6.07, 6.45) is 3.38. The van der Waals surface area contributed by atoms with E-state index in [0.717, 1.165) is 26.1 Å². The first-order chi connectivity index (χ1) is 8.35. The van der Waals surface area contributed by atoms with E-state index in [9.17, 15) is 0 Å². The van der Waals surface area contributed by atoms with Gasteiger partial charge < -0.3 is 4.74 Å². The third-order valence-electron chi connectivity index (χ3n) is 3.56. The van der Waals surface area contributed by atoms with Gasteiger partial charge in [0.15, 0.2) is 0 Å². The van der Waals surface area contributed by atoms with Gasteiger partial charge in [0.05, 0.1) is 12.6 Å². The van der Waals surface area contributed by atoms with Gasteiger partial charge in [0, 0.05) is 12.5 Å². The van der Waals surface area contributed by atoms with Crippen LogP contribution in [0.3, 0.4) is 0 Å². The molecule has 0 bridgehead atoms. The summed E-state index contributed by atoms with van der Waals surface area (Å²) in [5.41, 5.74) is 5.60. The predicted molar refractivity (Wildman–Crippen MR) is 69.4 cm³/mol. The van der Waals surface area contributed by atoms with Gasteiger partial charge in [-0.1, -0.05) is 31.2 Å². The molecule has 1 saturated heterocycles. The maximum absolute atomic E-state index is 5.72. The minimum Gasteiger partial charge on any atom is -0.381 e. The van der Waals surface area contributed by atoms with Crippen molar-refractivity contribution in [3.8, 4) is 0 Å². The Hall–Kier alpha value is -0.900. The van der Waals surface area contributed by atoms with Crippen LogP contribution in [0.4, 0.5) is 0 Å². The second-order valence-electron chi connectivity index (χ2n) is 4.72. The van der Waals surface area contributed by atoms with Crippen molar-refractivity contribution in [2.45, 2.75) is 32.2 Å². The smallest absolute Gasteiger partial charge is 0.0513 e. The van der Waals surface area contributed by atoms with E-state index in [1.807, 2.05) is 0 Å². The molecule has 1 fully saturated rings. The van der Waals surface area contributed by atoms with Crippen molar-refractivity contribution in [3.05, 3.63) is 35.4 Å². The monoisotopic (exact) mass is 234 g/mol. The van der Waals surface area contributed by atoms with Gasteiger partial charge in [-0.15, -0.1) is 0 Å². The number of hydrogen-bond donors (Lipinski definition) is 2. The maximum atomic E-state index is 5.72. The van der Waals surface area contributed by atoms with E-state index in [1.54, 1.807) is 0 Å². The van der Waals surface area contributed by atoms with E-state index in [0.29, 0.717) is 5.92 Å². The van der Waals surface area contributed by atoms with Gasteiger partial charge in [0.1, 0.15) is 0 Å². The molecule has 1 aromatic rings. The van der Waals surface area contributed by atoms with Crippen molar-refractivity contribution in [3.63, 3.8) is 0 Å². The largest absolute Gasteiger partial charge is 0.381 e. The molecule has 2 rings (SSSR count). The van der Waals surface area contributed by atoms with E-state index < -0.39 is 0 Å². The Labute approximate surface area is 103 Å². The van der Waals surface area contributed by atoms with E-state index in [1.165, 1.54) is 17.5 Å². The third-order valence-corrected chi connectivity index (χ3v) is 3.56. The van der Waals surface area contributed by atoms with Crippen molar-refractivity contribution in [1.82, 2.24) is 5.43 Å². The molecular weight excluding hydrogens is 212 g/mol. The molecule has 1 aliphatic heterocycles. The minimum atomic E-state index is 0.210. The number of ether oxygens (including phenoxy) is 1. The highest BCUT2D eigenvalue weighted by atomic mass is 16.5. The lowest BCUT2D eigenvalue weighted by Crippen LogP contribution is -2.37. The molecule has 1 aromatic carbocycles. The minimum absolute atomic E-state index is 0.210. The number of rotatable bonds is 4. The Kier molecular flexibility index (Phi) is 4.54. The van der Waals surface area contributed by atoms with Crippen LogP contribution in [0.2, 0.25) is 0 Å². The molecule has 0 amide bonds. The summed E-state index contributed by atoms with van der Waals surface area (Å²) >= 11 is 0. The quantitative estimate of drug-likeness (QED) is 0.620. The van der Waals surface area contributed by atoms with Crippen LogP contribution in [0.25, 0.3) is 0 Å². The fourth-order valence-corrected chi connectivity index (χ4v) is 2.54. The molecule has 1 aliphatic rings. The van der Waals surface area contributed by atoms with Gasteiger partial charge >= 0.3 is 0 Å². The summed E-state index contributed by atoms with van der Waals surface area (Å²) in [4.78, 5) is 0. The predicted octanol–water partition coefficient (Wildman–Crippen LogP) is 2.18. The van der Waals surface area contributed by atoms with Gasteiger partial charge in [0.2, 0.25) is 0 Å². The zero-order chi connectivity index (χ0) is 12.1. The molecular formula is C14H22N2O. The molecule has 3 nitrogen and oxygen atoms in total. The average Bonchev–Trinajstić information content (AvgIpc) is 2.41. The van der Waals surface area contributed by atoms with Gasteiger partial charge in [-0.3, -0.25) is 11.3 Å². The molecule has 17 heavy (non-hydrogen) atoms. The molecule has 3 heteroatoms. The summed E-state index contributed by atoms with van der Waals surface area (Å²) < 4.78 is 5.55. The van der Waals surface area contributed by atoms with E-state index in [4.69, 9.17) is 10.6 Å². The summed E-state index contributed by atoms with van der Waals surface area (Å²) in [6.45, 7) is 3.88. The van der Waals surface area contributed by atoms with Crippen molar-refractivity contribution in [2.75, 3.05) is 13.2 Å². The zero-order valence-corrected chi connectivity index (χ0v) is 10.5. The first kappa shape index (κ1) is 12.6. The molecule has 0 saturated carbocycles. The van der Waals surface area contributed by atoms with Gasteiger partial charge in [-0.25, -0.2) is 0 Å². The number of nitrogens with two attached hydrogens (primary N) is 1. The van der Waals surface area contributed by atoms with E-state index >= 15 is 0 Å². The lowest BCUT2D eigenvalue weighted by Gasteiger charge is -2.30. The van der Waals surface area contributed by atoms with Crippen LogP contribution in [0.1, 0.15) is 36.9 Å². The zero-order valence-electron chi connectivity index (χ0n) is 10.5. The Bertz CT molecular complexity index is 348. The highest BCUT2D eigenvalue weighted by Crippen LogP contribution is 2.28. The number of aryl methyl sites for hydroxylation is 1. The van der Waals surface area contributed by atoms with Gasteiger partial charge in [0.25, 0.3) is 0 Å². The highest BCUT2D eigenvalue weighted by Gasteiger charge is 2.24. The Balaban J connectivity index is 2.15. The second-order valence-corrected chi connectivity index (χ2v) is 4.72. The first-order valence-electron chi connectivity index (χ1n) is 6.48. The molecule has 2 atom stereocenters. The SMILES string of the molecule is CCc1cccc(C(NN)C2CCCOC2)c1. The summed E-state index contributed by atoms with van der Waals surface area (Å²) in [6, 6.07) is 8.88. The number of benzene rings is 1. The summed E-state index contributed by atoms with van der Waals surface area (Å²) in [5.74, 6) is 6.21. The van der Waals surface area contributed by atoms with Crippen LogP contribution in [0.15, 0.2) is 24.3 Å². The van der Waals surface area contributed by atoms with Crippen LogP contribution in [0, 0.1) is 5.92 Å². The van der Waals surface area contributed by atoms with Crippen LogP contribution in [-0.2, 0) is 11.2 Å². The van der Waals surface area contributed by atoms with Crippen LogP contribution in [-0.4, -0.2) is 13.2 Å². The van der Waals surface area contributed by atoms with Crippen LogP contribution >= 0.6 is 0 Å². The average molecular weight is 234 g/mol. The fourth-order valence-electron chi connectivity index (χ4n) is 2.54. The normalized spacial score (nSPS) is 22.4. The molecule has 0 aromatic heterocycles. The molecule has 2 unspecified atom stereocenters. The lowest BCUT2D eigenvalue weighted by atomic mass is 9.88. The van der Waals surface area contributed by atoms with E-state index in [2.05, 4.69) is 36.6 Å². The van der Waals surface area contributed by atoms with E-state index in [-0.39, 0.29) is 6.04 Å². The highest BCUT2D eigenvalue weighted by molar-refractivity contribution is 5.26. The second kappa shape index (κ2) is 6.15. The Morgan fingerprint density at radius 1 is 1.53 bits per heavy atom. The molecule has 0 aliphatic carbocycles. The van der Waals surface area contributed by atoms with Gasteiger partial charge in [-0.2, -0.15) is 0 Å². The lowest BCUT2D eigenvalue weighted by molar-refractivity contribution is 0.0390. The molecule has 1 heterocycles. The third kappa shape index (κ3) is 3.06. The number of nitrogens with one attached hydrogen (secondary N) is 1. The number of hydrazine groups is 1. The number of hydrogen-bond acceptors (Lipinski definition) is 3. The van der Waals surface area contributed by atoms with Crippen molar-refractivity contribution in [1.29, 1.82) is 0 Å².